The predicted octanol–water partition coefficient (Wildman–Crippen LogP) is 3.19. The molecule has 4 heterocycles. The Bertz CT molecular complexity index is 1330. The van der Waals surface area contributed by atoms with Crippen LogP contribution in [0.15, 0.2) is 54.6 Å². The minimum Gasteiger partial charge on any atom is -0.497 e. The first kappa shape index (κ1) is 23.7. The first-order valence-electron chi connectivity index (χ1n) is 13.0. The summed E-state index contributed by atoms with van der Waals surface area (Å²) in [5.74, 6) is 2.47. The Morgan fingerprint density at radius 1 is 0.919 bits per heavy atom. The Morgan fingerprint density at radius 3 is 2.49 bits per heavy atom. The van der Waals surface area contributed by atoms with Crippen molar-refractivity contribution in [1.29, 1.82) is 0 Å². The van der Waals surface area contributed by atoms with Crippen LogP contribution >= 0.6 is 0 Å². The fraction of sp³-hybridized carbons (Fsp3) is 0.393. The van der Waals surface area contributed by atoms with Crippen molar-refractivity contribution in [2.75, 3.05) is 63.3 Å². The molecule has 6 rings (SSSR count). The van der Waals surface area contributed by atoms with E-state index in [2.05, 4.69) is 51.5 Å². The monoisotopic (exact) mass is 499 g/mol. The van der Waals surface area contributed by atoms with Crippen molar-refractivity contribution in [2.24, 2.45) is 0 Å². The maximum absolute atomic E-state index is 5.48. The molecule has 192 valence electrons. The number of morpholine rings is 1. The number of rotatable bonds is 9. The molecular formula is C28H33N7O2. The average molecular weight is 500 g/mol. The lowest BCUT2D eigenvalue weighted by atomic mass is 10.1. The minimum atomic E-state index is 0.651. The number of aromatic nitrogens is 4. The van der Waals surface area contributed by atoms with Crippen LogP contribution in [0.3, 0.4) is 0 Å². The zero-order valence-electron chi connectivity index (χ0n) is 21.3. The van der Waals surface area contributed by atoms with E-state index in [1.807, 2.05) is 22.9 Å². The summed E-state index contributed by atoms with van der Waals surface area (Å²) in [7, 11) is 1.69. The topological polar surface area (TPSA) is 80.6 Å². The number of benzene rings is 2. The van der Waals surface area contributed by atoms with E-state index >= 15 is 0 Å². The van der Waals surface area contributed by atoms with Gasteiger partial charge in [0, 0.05) is 45.7 Å². The Labute approximate surface area is 217 Å². The van der Waals surface area contributed by atoms with Crippen LogP contribution in [0.4, 0.5) is 11.8 Å². The summed E-state index contributed by atoms with van der Waals surface area (Å²) in [5, 5.41) is 9.55. The molecule has 0 spiro atoms. The van der Waals surface area contributed by atoms with Crippen molar-refractivity contribution in [3.05, 3.63) is 71.4 Å². The van der Waals surface area contributed by atoms with E-state index in [9.17, 15) is 0 Å². The van der Waals surface area contributed by atoms with Gasteiger partial charge in [0.05, 0.1) is 37.9 Å². The van der Waals surface area contributed by atoms with Crippen LogP contribution in [0, 0.1) is 0 Å². The van der Waals surface area contributed by atoms with Gasteiger partial charge in [0.15, 0.2) is 5.65 Å². The summed E-state index contributed by atoms with van der Waals surface area (Å²) in [6.07, 6.45) is 0.870. The molecule has 0 aliphatic carbocycles. The number of hydrogen-bond acceptors (Lipinski definition) is 8. The molecule has 2 aromatic carbocycles. The highest BCUT2D eigenvalue weighted by atomic mass is 16.5. The highest BCUT2D eigenvalue weighted by Crippen LogP contribution is 2.34. The molecule has 1 fully saturated rings. The second-order valence-electron chi connectivity index (χ2n) is 9.56. The third-order valence-electron chi connectivity index (χ3n) is 7.09. The Balaban J connectivity index is 1.31. The van der Waals surface area contributed by atoms with Crippen LogP contribution < -0.4 is 15.0 Å². The van der Waals surface area contributed by atoms with Gasteiger partial charge in [-0.25, -0.2) is 4.68 Å². The van der Waals surface area contributed by atoms with Gasteiger partial charge in [0.1, 0.15) is 11.6 Å². The number of anilines is 2. The van der Waals surface area contributed by atoms with Crippen molar-refractivity contribution in [1.82, 2.24) is 24.6 Å². The van der Waals surface area contributed by atoms with Crippen molar-refractivity contribution < 1.29 is 9.47 Å². The summed E-state index contributed by atoms with van der Waals surface area (Å²) in [6, 6.07) is 18.7. The second-order valence-corrected chi connectivity index (χ2v) is 9.56. The van der Waals surface area contributed by atoms with Gasteiger partial charge in [-0.1, -0.05) is 42.5 Å². The lowest BCUT2D eigenvalue weighted by Crippen LogP contribution is -2.39. The molecule has 0 radical (unpaired) electrons. The standard InChI is InChI=1S/C28H33N7O2/c1-36-23-9-7-22(8-10-23)19-34-13-11-24-25-26(34)30-28(29-12-14-33-15-17-37-18-16-33)31-27(25)35(32-24)20-21-5-3-2-4-6-21/h2-10H,11-20H2,1H3,(H,29,30,31). The fourth-order valence-electron chi connectivity index (χ4n) is 5.08. The molecule has 2 aliphatic rings. The van der Waals surface area contributed by atoms with Gasteiger partial charge in [0.2, 0.25) is 5.95 Å². The van der Waals surface area contributed by atoms with Crippen molar-refractivity contribution >= 4 is 22.8 Å². The molecule has 1 N–H and O–H groups in total. The van der Waals surface area contributed by atoms with E-state index in [0.717, 1.165) is 87.2 Å². The highest BCUT2D eigenvalue weighted by molar-refractivity contribution is 5.92. The lowest BCUT2D eigenvalue weighted by Gasteiger charge is -2.28. The van der Waals surface area contributed by atoms with Crippen LogP contribution in [0.2, 0.25) is 0 Å². The van der Waals surface area contributed by atoms with Crippen molar-refractivity contribution in [3.8, 4) is 5.75 Å². The summed E-state index contributed by atoms with van der Waals surface area (Å²) in [6.45, 7) is 7.56. The summed E-state index contributed by atoms with van der Waals surface area (Å²) in [5.41, 5.74) is 4.38. The van der Waals surface area contributed by atoms with Gasteiger partial charge in [-0.05, 0) is 23.3 Å². The number of nitrogens with zero attached hydrogens (tertiary/aromatic N) is 6. The largest absolute Gasteiger partial charge is 0.497 e. The van der Waals surface area contributed by atoms with Gasteiger partial charge in [-0.15, -0.1) is 0 Å². The van der Waals surface area contributed by atoms with Crippen LogP contribution in [0.25, 0.3) is 11.0 Å². The first-order valence-corrected chi connectivity index (χ1v) is 13.0. The third kappa shape index (κ3) is 5.23. The molecule has 37 heavy (non-hydrogen) atoms. The number of nitrogens with one attached hydrogen (secondary N) is 1. The SMILES string of the molecule is COc1ccc(CN2CCc3nn(Cc4ccccc4)c4nc(NCCN5CCOCC5)nc2c34)cc1. The third-order valence-corrected chi connectivity index (χ3v) is 7.09. The average Bonchev–Trinajstić information content (AvgIpc) is 3.29. The van der Waals surface area contributed by atoms with E-state index in [4.69, 9.17) is 24.5 Å². The Hall–Kier alpha value is -3.69. The smallest absolute Gasteiger partial charge is 0.226 e. The molecule has 0 bridgehead atoms. The molecule has 1 saturated heterocycles. The van der Waals surface area contributed by atoms with Crippen molar-refractivity contribution in [3.63, 3.8) is 0 Å². The molecule has 0 atom stereocenters. The molecule has 4 aromatic rings. The van der Waals surface area contributed by atoms with E-state index in [1.54, 1.807) is 7.11 Å². The molecule has 2 aromatic heterocycles. The Kier molecular flexibility index (Phi) is 6.88. The molecule has 2 aliphatic heterocycles. The zero-order chi connectivity index (χ0) is 25.0. The maximum Gasteiger partial charge on any atom is 0.226 e. The second kappa shape index (κ2) is 10.7. The lowest BCUT2D eigenvalue weighted by molar-refractivity contribution is 0.0398. The van der Waals surface area contributed by atoms with Gasteiger partial charge >= 0.3 is 0 Å². The van der Waals surface area contributed by atoms with Crippen LogP contribution in [0.1, 0.15) is 16.8 Å². The number of hydrogen-bond donors (Lipinski definition) is 1. The van der Waals surface area contributed by atoms with Crippen LogP contribution in [-0.2, 0) is 24.2 Å². The summed E-state index contributed by atoms with van der Waals surface area (Å²) < 4.78 is 12.9. The summed E-state index contributed by atoms with van der Waals surface area (Å²) >= 11 is 0. The quantitative estimate of drug-likeness (QED) is 0.376. The van der Waals surface area contributed by atoms with Crippen molar-refractivity contribution in [2.45, 2.75) is 19.5 Å². The van der Waals surface area contributed by atoms with E-state index < -0.39 is 0 Å². The maximum atomic E-state index is 5.48. The van der Waals surface area contributed by atoms with Gasteiger partial charge in [-0.2, -0.15) is 15.1 Å². The zero-order valence-corrected chi connectivity index (χ0v) is 21.3. The molecule has 9 heteroatoms. The molecular weight excluding hydrogens is 466 g/mol. The van der Waals surface area contributed by atoms with Crippen LogP contribution in [0.5, 0.6) is 5.75 Å². The molecule has 9 nitrogen and oxygen atoms in total. The van der Waals surface area contributed by atoms with E-state index in [0.29, 0.717) is 12.5 Å². The van der Waals surface area contributed by atoms with Crippen LogP contribution in [-0.4, -0.2) is 77.7 Å². The number of ether oxygens (including phenoxy) is 2. The van der Waals surface area contributed by atoms with Gasteiger partial charge in [0.25, 0.3) is 0 Å². The molecule has 0 saturated carbocycles. The fourth-order valence-corrected chi connectivity index (χ4v) is 5.08. The van der Waals surface area contributed by atoms with E-state index in [-0.39, 0.29) is 0 Å². The normalized spacial score (nSPS) is 15.8. The molecule has 0 unspecified atom stereocenters. The van der Waals surface area contributed by atoms with Gasteiger partial charge in [-0.3, -0.25) is 4.90 Å². The predicted molar refractivity (Wildman–Crippen MR) is 144 cm³/mol. The molecule has 0 amide bonds. The number of methoxy groups -OCH3 is 1. The summed E-state index contributed by atoms with van der Waals surface area (Å²) in [4.78, 5) is 14.8. The minimum absolute atomic E-state index is 0.651. The first-order chi connectivity index (χ1) is 18.3. The highest BCUT2D eigenvalue weighted by Gasteiger charge is 2.27. The van der Waals surface area contributed by atoms with Gasteiger partial charge < -0.3 is 19.7 Å². The Morgan fingerprint density at radius 2 is 1.70 bits per heavy atom. The van der Waals surface area contributed by atoms with E-state index in [1.165, 1.54) is 11.1 Å².